The van der Waals surface area contributed by atoms with Crippen LogP contribution in [0.4, 0.5) is 11.4 Å². The number of rotatable bonds is 6. The molecule has 0 aliphatic rings. The summed E-state index contributed by atoms with van der Waals surface area (Å²) >= 11 is 0. The van der Waals surface area contributed by atoms with Crippen LogP contribution in [0.25, 0.3) is 0 Å². The number of para-hydroxylation sites is 1. The topological polar surface area (TPSA) is 76.7 Å². The Kier molecular flexibility index (Phi) is 6.14. The van der Waals surface area contributed by atoms with Crippen molar-refractivity contribution in [2.75, 3.05) is 24.9 Å². The molecule has 3 aromatic rings. The predicted molar refractivity (Wildman–Crippen MR) is 113 cm³/mol. The van der Waals surface area contributed by atoms with E-state index >= 15 is 0 Å². The fourth-order valence-corrected chi connectivity index (χ4v) is 2.79. The lowest BCUT2D eigenvalue weighted by atomic mass is 10.1. The number of carbonyl (C=O) groups is 2. The first kappa shape index (κ1) is 19.9. The van der Waals surface area contributed by atoms with Gasteiger partial charge < -0.3 is 20.1 Å². The summed E-state index contributed by atoms with van der Waals surface area (Å²) in [5.41, 5.74) is 3.11. The quantitative estimate of drug-likeness (QED) is 0.649. The summed E-state index contributed by atoms with van der Waals surface area (Å²) in [5, 5.41) is 5.68. The van der Waals surface area contributed by atoms with Crippen molar-refractivity contribution >= 4 is 23.2 Å². The van der Waals surface area contributed by atoms with Crippen LogP contribution in [0.15, 0.2) is 66.7 Å². The molecule has 0 saturated heterocycles. The van der Waals surface area contributed by atoms with Crippen LogP contribution >= 0.6 is 0 Å². The van der Waals surface area contributed by atoms with E-state index in [-0.39, 0.29) is 11.8 Å². The van der Waals surface area contributed by atoms with E-state index in [2.05, 4.69) is 10.6 Å². The number of methoxy groups -OCH3 is 2. The van der Waals surface area contributed by atoms with E-state index in [1.807, 2.05) is 31.2 Å². The maximum atomic E-state index is 12.6. The van der Waals surface area contributed by atoms with Crippen LogP contribution in [-0.2, 0) is 0 Å². The van der Waals surface area contributed by atoms with Crippen molar-refractivity contribution in [2.45, 2.75) is 6.92 Å². The number of nitrogens with one attached hydrogen (secondary N) is 2. The average molecular weight is 390 g/mol. The summed E-state index contributed by atoms with van der Waals surface area (Å²) in [6.45, 7) is 1.93. The average Bonchev–Trinajstić information content (AvgIpc) is 2.75. The Labute approximate surface area is 169 Å². The fourth-order valence-electron chi connectivity index (χ4n) is 2.79. The van der Waals surface area contributed by atoms with Gasteiger partial charge in [-0.15, -0.1) is 0 Å². The lowest BCUT2D eigenvalue weighted by Crippen LogP contribution is -2.15. The Morgan fingerprint density at radius 2 is 1.31 bits per heavy atom. The summed E-state index contributed by atoms with van der Waals surface area (Å²) in [6, 6.07) is 19.1. The predicted octanol–water partition coefficient (Wildman–Crippen LogP) is 4.52. The molecule has 148 valence electrons. The van der Waals surface area contributed by atoms with Gasteiger partial charge in [-0.1, -0.05) is 18.2 Å². The van der Waals surface area contributed by atoms with Gasteiger partial charge in [-0.3, -0.25) is 9.59 Å². The minimum atomic E-state index is -0.317. The summed E-state index contributed by atoms with van der Waals surface area (Å²) in [5.74, 6) is 0.570. The zero-order valence-electron chi connectivity index (χ0n) is 16.5. The van der Waals surface area contributed by atoms with E-state index < -0.39 is 0 Å². The number of carbonyl (C=O) groups excluding carboxylic acids is 2. The number of anilines is 2. The molecule has 0 spiro atoms. The van der Waals surface area contributed by atoms with Gasteiger partial charge in [0.2, 0.25) is 0 Å². The molecule has 0 atom stereocenters. The maximum absolute atomic E-state index is 12.6. The molecule has 6 nitrogen and oxygen atoms in total. The molecule has 3 rings (SSSR count). The van der Waals surface area contributed by atoms with Crippen LogP contribution < -0.4 is 20.1 Å². The van der Waals surface area contributed by atoms with Crippen LogP contribution in [0.3, 0.4) is 0 Å². The molecule has 2 N–H and O–H groups in total. The second-order valence-electron chi connectivity index (χ2n) is 6.37. The van der Waals surface area contributed by atoms with Crippen LogP contribution in [0.5, 0.6) is 11.5 Å². The van der Waals surface area contributed by atoms with Gasteiger partial charge in [0.15, 0.2) is 0 Å². The van der Waals surface area contributed by atoms with Gasteiger partial charge in [0.05, 0.1) is 19.9 Å². The number of aryl methyl sites for hydroxylation is 1. The highest BCUT2D eigenvalue weighted by Gasteiger charge is 2.13. The fraction of sp³-hybridized carbons (Fsp3) is 0.130. The smallest absolute Gasteiger partial charge is 0.255 e. The van der Waals surface area contributed by atoms with E-state index in [9.17, 15) is 9.59 Å². The van der Waals surface area contributed by atoms with Crippen LogP contribution in [0.2, 0.25) is 0 Å². The van der Waals surface area contributed by atoms with E-state index in [0.717, 1.165) is 11.3 Å². The van der Waals surface area contributed by atoms with Crippen LogP contribution in [-0.4, -0.2) is 26.0 Å². The van der Waals surface area contributed by atoms with Gasteiger partial charge >= 0.3 is 0 Å². The molecule has 29 heavy (non-hydrogen) atoms. The molecule has 0 aliphatic carbocycles. The first-order chi connectivity index (χ1) is 14.0. The van der Waals surface area contributed by atoms with Crippen LogP contribution in [0.1, 0.15) is 26.3 Å². The summed E-state index contributed by atoms with van der Waals surface area (Å²) in [7, 11) is 3.08. The normalized spacial score (nSPS) is 10.2. The Balaban J connectivity index is 1.72. The Bertz CT molecular complexity index is 1030. The van der Waals surface area contributed by atoms with Crippen molar-refractivity contribution in [3.05, 3.63) is 83.4 Å². The number of ether oxygens (including phenoxy) is 2. The number of hydrogen-bond donors (Lipinski definition) is 2. The second-order valence-corrected chi connectivity index (χ2v) is 6.37. The lowest BCUT2D eigenvalue weighted by molar-refractivity contribution is 0.101. The molecular formula is C23H22N2O4. The Hall–Kier alpha value is -3.80. The lowest BCUT2D eigenvalue weighted by Gasteiger charge is -2.12. The van der Waals surface area contributed by atoms with Gasteiger partial charge in [0.1, 0.15) is 11.5 Å². The van der Waals surface area contributed by atoms with Crippen molar-refractivity contribution in [2.24, 2.45) is 0 Å². The third kappa shape index (κ3) is 4.73. The summed E-state index contributed by atoms with van der Waals surface area (Å²) < 4.78 is 10.5. The SMILES string of the molecule is COc1ccc(OC)c(NC(=O)c2ccc(C(=O)Nc3ccccc3C)cc2)c1. The molecule has 2 amide bonds. The van der Waals surface area contributed by atoms with Crippen molar-refractivity contribution < 1.29 is 19.1 Å². The third-order valence-electron chi connectivity index (χ3n) is 4.46. The Morgan fingerprint density at radius 1 is 0.724 bits per heavy atom. The van der Waals surface area contributed by atoms with E-state index in [1.165, 1.54) is 7.11 Å². The van der Waals surface area contributed by atoms with E-state index in [0.29, 0.717) is 28.3 Å². The molecule has 0 aliphatic heterocycles. The molecule has 0 radical (unpaired) electrons. The first-order valence-corrected chi connectivity index (χ1v) is 9.02. The van der Waals surface area contributed by atoms with Crippen molar-refractivity contribution in [3.8, 4) is 11.5 Å². The maximum Gasteiger partial charge on any atom is 0.255 e. The highest BCUT2D eigenvalue weighted by Crippen LogP contribution is 2.29. The zero-order chi connectivity index (χ0) is 20.8. The van der Waals surface area contributed by atoms with Gasteiger partial charge in [-0.05, 0) is 55.0 Å². The van der Waals surface area contributed by atoms with Crippen molar-refractivity contribution in [1.29, 1.82) is 0 Å². The number of benzene rings is 3. The van der Waals surface area contributed by atoms with Gasteiger partial charge in [-0.2, -0.15) is 0 Å². The molecule has 3 aromatic carbocycles. The zero-order valence-corrected chi connectivity index (χ0v) is 16.5. The largest absolute Gasteiger partial charge is 0.497 e. The molecule has 0 fully saturated rings. The molecule has 0 aromatic heterocycles. The minimum Gasteiger partial charge on any atom is -0.497 e. The standard InChI is InChI=1S/C23H22N2O4/c1-15-6-4-5-7-19(15)24-22(26)16-8-10-17(11-9-16)23(27)25-20-14-18(28-2)12-13-21(20)29-3/h4-14H,1-3H3,(H,24,26)(H,25,27). The first-order valence-electron chi connectivity index (χ1n) is 9.02. The second kappa shape index (κ2) is 8.93. The highest BCUT2D eigenvalue weighted by atomic mass is 16.5. The summed E-state index contributed by atoms with van der Waals surface area (Å²) in [6.07, 6.45) is 0. The molecule has 0 unspecified atom stereocenters. The molecule has 6 heteroatoms. The van der Waals surface area contributed by atoms with Gasteiger partial charge in [0, 0.05) is 22.9 Å². The van der Waals surface area contributed by atoms with Gasteiger partial charge in [0.25, 0.3) is 11.8 Å². The molecular weight excluding hydrogens is 368 g/mol. The van der Waals surface area contributed by atoms with Gasteiger partial charge in [-0.25, -0.2) is 0 Å². The Morgan fingerprint density at radius 3 is 1.86 bits per heavy atom. The number of amides is 2. The molecule has 0 saturated carbocycles. The number of hydrogen-bond acceptors (Lipinski definition) is 4. The minimum absolute atomic E-state index is 0.235. The van der Waals surface area contributed by atoms with E-state index in [1.54, 1.807) is 49.6 Å². The third-order valence-corrected chi connectivity index (χ3v) is 4.46. The van der Waals surface area contributed by atoms with Crippen molar-refractivity contribution in [3.63, 3.8) is 0 Å². The van der Waals surface area contributed by atoms with Crippen LogP contribution in [0, 0.1) is 6.92 Å². The molecule has 0 heterocycles. The monoisotopic (exact) mass is 390 g/mol. The molecule has 0 bridgehead atoms. The van der Waals surface area contributed by atoms with E-state index in [4.69, 9.17) is 9.47 Å². The highest BCUT2D eigenvalue weighted by molar-refractivity contribution is 6.07. The van der Waals surface area contributed by atoms with Crippen molar-refractivity contribution in [1.82, 2.24) is 0 Å². The summed E-state index contributed by atoms with van der Waals surface area (Å²) in [4.78, 5) is 25.0.